The molecule has 2 atom stereocenters. The number of aliphatic imine (C=N–C) groups is 1. The lowest BCUT2D eigenvalue weighted by Gasteiger charge is -2.39. The maximum absolute atomic E-state index is 15.4. The highest BCUT2D eigenvalue weighted by atomic mass is 19.1. The van der Waals surface area contributed by atoms with Crippen molar-refractivity contribution in [2.24, 2.45) is 4.99 Å². The maximum atomic E-state index is 15.4. The molecule has 0 amide bonds. The molecule has 1 saturated heterocycles. The molecule has 5 aliphatic rings. The molecule has 2 unspecified atom stereocenters. The zero-order chi connectivity index (χ0) is 28.8. The summed E-state index contributed by atoms with van der Waals surface area (Å²) in [5, 5.41) is 10.2. The number of fused-ring (bicyclic) bond motifs is 2. The monoisotopic (exact) mass is 569 g/mol. The summed E-state index contributed by atoms with van der Waals surface area (Å²) in [6.07, 6.45) is 11.6. The number of nitrogens with one attached hydrogen (secondary N) is 3. The summed E-state index contributed by atoms with van der Waals surface area (Å²) in [7, 11) is 0. The van der Waals surface area contributed by atoms with Crippen molar-refractivity contribution in [3.05, 3.63) is 69.8 Å². The summed E-state index contributed by atoms with van der Waals surface area (Å²) in [5.41, 5.74) is 8.91. The first-order valence-electron chi connectivity index (χ1n) is 16.0. The van der Waals surface area contributed by atoms with Gasteiger partial charge in [-0.15, -0.1) is 0 Å². The number of pyridine rings is 1. The van der Waals surface area contributed by atoms with Crippen LogP contribution in [0.3, 0.4) is 0 Å². The van der Waals surface area contributed by atoms with E-state index in [1.807, 2.05) is 6.07 Å². The molecule has 4 aliphatic heterocycles. The van der Waals surface area contributed by atoms with Gasteiger partial charge in [0.2, 0.25) is 0 Å². The van der Waals surface area contributed by atoms with E-state index in [9.17, 15) is 0 Å². The van der Waals surface area contributed by atoms with Gasteiger partial charge in [0.1, 0.15) is 5.82 Å². The Hall–Kier alpha value is -3.23. The SMILES string of the molecule is CC1=CC(C)c2c(C)cc(C3=C(F)C=NC(Nc4ccc5c(n4)CCN(C4CCNCC4)C5)N3)cc2N1C1CCCC1. The summed E-state index contributed by atoms with van der Waals surface area (Å²) < 4.78 is 15.4. The van der Waals surface area contributed by atoms with Gasteiger partial charge in [-0.3, -0.25) is 4.90 Å². The minimum atomic E-state index is -0.497. The molecule has 0 spiro atoms. The number of anilines is 2. The quantitative estimate of drug-likeness (QED) is 0.412. The molecule has 0 bridgehead atoms. The van der Waals surface area contributed by atoms with Gasteiger partial charge >= 0.3 is 0 Å². The number of aromatic nitrogens is 1. The number of benzene rings is 1. The number of hydrogen-bond donors (Lipinski definition) is 3. The van der Waals surface area contributed by atoms with Crippen molar-refractivity contribution in [2.45, 2.75) is 96.6 Å². The van der Waals surface area contributed by atoms with Crippen molar-refractivity contribution in [2.75, 3.05) is 29.9 Å². The number of hydrogen-bond acceptors (Lipinski definition) is 7. The molecule has 2 aromatic rings. The van der Waals surface area contributed by atoms with Gasteiger partial charge in [-0.25, -0.2) is 14.4 Å². The molecule has 2 fully saturated rings. The molecule has 1 aromatic carbocycles. The number of allylic oxidation sites excluding steroid dienone is 3. The van der Waals surface area contributed by atoms with E-state index in [1.54, 1.807) is 0 Å². The van der Waals surface area contributed by atoms with E-state index in [0.29, 0.717) is 23.7 Å². The Balaban J connectivity index is 1.09. The van der Waals surface area contributed by atoms with Crippen LogP contribution in [-0.4, -0.2) is 54.1 Å². The maximum Gasteiger partial charge on any atom is 0.195 e. The lowest BCUT2D eigenvalue weighted by Crippen LogP contribution is -2.45. The minimum Gasteiger partial charge on any atom is -0.344 e. The van der Waals surface area contributed by atoms with Crippen LogP contribution in [0.25, 0.3) is 5.70 Å². The largest absolute Gasteiger partial charge is 0.344 e. The lowest BCUT2D eigenvalue weighted by atomic mass is 9.87. The number of rotatable bonds is 5. The number of halogens is 1. The normalized spacial score (nSPS) is 25.2. The molecule has 222 valence electrons. The van der Waals surface area contributed by atoms with Gasteiger partial charge < -0.3 is 20.9 Å². The summed E-state index contributed by atoms with van der Waals surface area (Å²) in [5.74, 6) is 0.763. The second kappa shape index (κ2) is 11.5. The smallest absolute Gasteiger partial charge is 0.195 e. The first-order chi connectivity index (χ1) is 20.4. The standard InChI is InChI=1S/C34H44FN7/c1-21-16-23(3)42(27-6-4-5-7-27)30-18-25(17-22(2)32(21)30)33-28(35)19-37-34(40-33)39-31-9-8-24-20-41(15-12-29(24)38-31)26-10-13-36-14-11-26/h8-9,16-19,21,26-27,34,36,40H,4-7,10-15,20H2,1-3H3,(H,38,39). The molecule has 1 aliphatic carbocycles. The minimum absolute atomic E-state index is 0.336. The topological polar surface area (TPSA) is 67.8 Å². The van der Waals surface area contributed by atoms with Gasteiger partial charge in [-0.05, 0) is 87.5 Å². The first-order valence-corrected chi connectivity index (χ1v) is 16.0. The second-order valence-corrected chi connectivity index (χ2v) is 12.8. The Morgan fingerprint density at radius 3 is 2.64 bits per heavy atom. The fourth-order valence-corrected chi connectivity index (χ4v) is 7.96. The van der Waals surface area contributed by atoms with Crippen LogP contribution in [-0.2, 0) is 13.0 Å². The van der Waals surface area contributed by atoms with Gasteiger partial charge in [-0.1, -0.05) is 31.9 Å². The third-order valence-electron chi connectivity index (χ3n) is 9.97. The third kappa shape index (κ3) is 5.24. The van der Waals surface area contributed by atoms with Gasteiger partial charge in [0.05, 0.1) is 11.9 Å². The van der Waals surface area contributed by atoms with Gasteiger partial charge in [0.25, 0.3) is 0 Å². The van der Waals surface area contributed by atoms with Crippen LogP contribution in [0.5, 0.6) is 0 Å². The fraction of sp³-hybridized carbons (Fsp3) is 0.529. The van der Waals surface area contributed by atoms with E-state index in [2.05, 4.69) is 75.8 Å². The zero-order valence-electron chi connectivity index (χ0n) is 25.2. The molecule has 7 nitrogen and oxygen atoms in total. The molecule has 3 N–H and O–H groups in total. The fourth-order valence-electron chi connectivity index (χ4n) is 7.96. The van der Waals surface area contributed by atoms with Crippen LogP contribution in [0.1, 0.15) is 86.2 Å². The second-order valence-electron chi connectivity index (χ2n) is 12.8. The average molecular weight is 570 g/mol. The van der Waals surface area contributed by atoms with Crippen LogP contribution in [0, 0.1) is 6.92 Å². The van der Waals surface area contributed by atoms with E-state index in [0.717, 1.165) is 49.7 Å². The van der Waals surface area contributed by atoms with E-state index >= 15 is 4.39 Å². The highest BCUT2D eigenvalue weighted by Crippen LogP contribution is 2.44. The van der Waals surface area contributed by atoms with Gasteiger partial charge in [0.15, 0.2) is 12.1 Å². The predicted octanol–water partition coefficient (Wildman–Crippen LogP) is 5.98. The van der Waals surface area contributed by atoms with Crippen molar-refractivity contribution < 1.29 is 4.39 Å². The Bertz CT molecular complexity index is 1430. The van der Waals surface area contributed by atoms with E-state index in [4.69, 9.17) is 4.98 Å². The van der Waals surface area contributed by atoms with Crippen molar-refractivity contribution >= 4 is 23.4 Å². The molecule has 1 aromatic heterocycles. The van der Waals surface area contributed by atoms with Crippen molar-refractivity contribution in [1.29, 1.82) is 0 Å². The summed E-state index contributed by atoms with van der Waals surface area (Å²) in [4.78, 5) is 14.5. The molecule has 5 heterocycles. The average Bonchev–Trinajstić information content (AvgIpc) is 3.52. The summed E-state index contributed by atoms with van der Waals surface area (Å²) in [6.45, 7) is 10.9. The molecular formula is C34H44FN7. The number of aryl methyl sites for hydroxylation is 1. The van der Waals surface area contributed by atoms with Crippen LogP contribution in [0.4, 0.5) is 15.9 Å². The molecule has 7 rings (SSSR count). The highest BCUT2D eigenvalue weighted by Gasteiger charge is 2.32. The third-order valence-corrected chi connectivity index (χ3v) is 9.97. The number of piperidine rings is 1. The van der Waals surface area contributed by atoms with Crippen LogP contribution >= 0.6 is 0 Å². The van der Waals surface area contributed by atoms with Crippen LogP contribution in [0.15, 0.2) is 46.9 Å². The highest BCUT2D eigenvalue weighted by molar-refractivity contribution is 5.91. The van der Waals surface area contributed by atoms with Gasteiger partial charge in [-0.2, -0.15) is 0 Å². The molecular weight excluding hydrogens is 525 g/mol. The predicted molar refractivity (Wildman–Crippen MR) is 169 cm³/mol. The Morgan fingerprint density at radius 2 is 1.83 bits per heavy atom. The molecule has 1 saturated carbocycles. The Labute approximate surface area is 249 Å². The first kappa shape index (κ1) is 27.6. The Morgan fingerprint density at radius 1 is 1.02 bits per heavy atom. The van der Waals surface area contributed by atoms with E-state index in [1.165, 1.54) is 72.8 Å². The summed E-state index contributed by atoms with van der Waals surface area (Å²) in [6, 6.07) is 9.73. The van der Waals surface area contributed by atoms with Crippen LogP contribution < -0.4 is 20.9 Å². The lowest BCUT2D eigenvalue weighted by molar-refractivity contribution is 0.146. The Kier molecular flexibility index (Phi) is 7.53. The summed E-state index contributed by atoms with van der Waals surface area (Å²) >= 11 is 0. The molecule has 8 heteroatoms. The number of nitrogens with zero attached hydrogens (tertiary/aromatic N) is 4. The zero-order valence-corrected chi connectivity index (χ0v) is 25.2. The van der Waals surface area contributed by atoms with Crippen molar-refractivity contribution in [3.63, 3.8) is 0 Å². The molecule has 0 radical (unpaired) electrons. The molecule has 42 heavy (non-hydrogen) atoms. The van der Waals surface area contributed by atoms with Crippen molar-refractivity contribution in [1.82, 2.24) is 20.5 Å². The van der Waals surface area contributed by atoms with Gasteiger partial charge in [0, 0.05) is 60.2 Å². The van der Waals surface area contributed by atoms with E-state index in [-0.39, 0.29) is 5.83 Å². The van der Waals surface area contributed by atoms with Crippen LogP contribution in [0.2, 0.25) is 0 Å². The van der Waals surface area contributed by atoms with E-state index < -0.39 is 6.29 Å². The van der Waals surface area contributed by atoms with Crippen molar-refractivity contribution in [3.8, 4) is 0 Å².